The maximum Gasteiger partial charge on any atom is 0.451 e. The standard InChI is InChI=1S/C23H35F3N2/c1-2-3-4-5-6-17-7-9-18(10-8-17)19-11-13-20(14-12-19)21-15-27-22(28-16-21)23(24,25)26/h15-20H,2-14H2,1H3. The smallest absolute Gasteiger partial charge is 0.233 e. The lowest BCUT2D eigenvalue weighted by Gasteiger charge is -2.38. The minimum absolute atomic E-state index is 0.327. The zero-order chi connectivity index (χ0) is 20.0. The molecule has 0 amide bonds. The molecule has 2 aliphatic carbocycles. The fourth-order valence-electron chi connectivity index (χ4n) is 5.43. The first-order valence-corrected chi connectivity index (χ1v) is 11.4. The van der Waals surface area contributed by atoms with Gasteiger partial charge in [0.05, 0.1) is 0 Å². The molecule has 2 nitrogen and oxygen atoms in total. The lowest BCUT2D eigenvalue weighted by atomic mass is 9.68. The number of rotatable bonds is 7. The van der Waals surface area contributed by atoms with E-state index in [4.69, 9.17) is 0 Å². The third-order valence-corrected chi connectivity index (χ3v) is 7.19. The number of nitrogens with zero attached hydrogens (tertiary/aromatic N) is 2. The molecule has 0 saturated heterocycles. The van der Waals surface area contributed by atoms with Gasteiger partial charge in [-0.1, -0.05) is 51.9 Å². The topological polar surface area (TPSA) is 25.8 Å². The van der Waals surface area contributed by atoms with Gasteiger partial charge in [-0.3, -0.25) is 0 Å². The van der Waals surface area contributed by atoms with E-state index in [-0.39, 0.29) is 0 Å². The number of hydrogen-bond donors (Lipinski definition) is 0. The minimum Gasteiger partial charge on any atom is -0.233 e. The van der Waals surface area contributed by atoms with Crippen molar-refractivity contribution in [2.24, 2.45) is 17.8 Å². The second kappa shape index (κ2) is 10.1. The van der Waals surface area contributed by atoms with Crippen LogP contribution in [0.3, 0.4) is 0 Å². The van der Waals surface area contributed by atoms with Gasteiger partial charge in [0.25, 0.3) is 0 Å². The summed E-state index contributed by atoms with van der Waals surface area (Å²) < 4.78 is 37.9. The SMILES string of the molecule is CCCCCCC1CCC(C2CCC(c3cnc(C(F)(F)F)nc3)CC2)CC1. The Kier molecular flexibility index (Phi) is 7.76. The predicted octanol–water partition coefficient (Wildman–Crippen LogP) is 7.55. The van der Waals surface area contributed by atoms with Crippen molar-refractivity contribution < 1.29 is 13.2 Å². The fourth-order valence-corrected chi connectivity index (χ4v) is 5.43. The first-order chi connectivity index (χ1) is 13.5. The van der Waals surface area contributed by atoms with Gasteiger partial charge in [-0.2, -0.15) is 13.2 Å². The molecule has 0 bridgehead atoms. The second-order valence-electron chi connectivity index (χ2n) is 9.08. The van der Waals surface area contributed by atoms with Crippen LogP contribution in [0.4, 0.5) is 13.2 Å². The van der Waals surface area contributed by atoms with Crippen molar-refractivity contribution in [1.29, 1.82) is 0 Å². The van der Waals surface area contributed by atoms with Crippen molar-refractivity contribution in [3.05, 3.63) is 23.8 Å². The lowest BCUT2D eigenvalue weighted by Crippen LogP contribution is -2.25. The summed E-state index contributed by atoms with van der Waals surface area (Å²) in [6.07, 6.45) is 15.4. The molecule has 0 unspecified atom stereocenters. The summed E-state index contributed by atoms with van der Waals surface area (Å²) in [5, 5.41) is 0. The minimum atomic E-state index is -4.45. The number of unbranched alkanes of at least 4 members (excludes halogenated alkanes) is 3. The van der Waals surface area contributed by atoms with Gasteiger partial charge in [0, 0.05) is 12.4 Å². The summed E-state index contributed by atoms with van der Waals surface area (Å²) in [5.74, 6) is 1.93. The van der Waals surface area contributed by atoms with Crippen molar-refractivity contribution in [3.63, 3.8) is 0 Å². The number of alkyl halides is 3. The van der Waals surface area contributed by atoms with E-state index in [0.717, 1.165) is 36.2 Å². The van der Waals surface area contributed by atoms with Gasteiger partial charge in [-0.25, -0.2) is 9.97 Å². The van der Waals surface area contributed by atoms with Crippen LogP contribution in [0, 0.1) is 17.8 Å². The molecule has 0 aliphatic heterocycles. The van der Waals surface area contributed by atoms with Gasteiger partial charge in [-0.05, 0) is 67.8 Å². The van der Waals surface area contributed by atoms with Crippen LogP contribution in [0.25, 0.3) is 0 Å². The van der Waals surface area contributed by atoms with Gasteiger partial charge in [0.1, 0.15) is 0 Å². The summed E-state index contributed by atoms with van der Waals surface area (Å²) in [6, 6.07) is 0. The maximum atomic E-state index is 12.6. The molecule has 0 N–H and O–H groups in total. The number of halogens is 3. The van der Waals surface area contributed by atoms with Crippen molar-refractivity contribution >= 4 is 0 Å². The van der Waals surface area contributed by atoms with Crippen molar-refractivity contribution in [2.75, 3.05) is 0 Å². The van der Waals surface area contributed by atoms with Crippen molar-refractivity contribution in [3.8, 4) is 0 Å². The summed E-state index contributed by atoms with van der Waals surface area (Å²) >= 11 is 0. The molecule has 0 spiro atoms. The average Bonchev–Trinajstić information content (AvgIpc) is 2.71. The molecule has 28 heavy (non-hydrogen) atoms. The zero-order valence-electron chi connectivity index (χ0n) is 17.2. The lowest BCUT2D eigenvalue weighted by molar-refractivity contribution is -0.145. The molecule has 5 heteroatoms. The van der Waals surface area contributed by atoms with Crippen LogP contribution in [0.2, 0.25) is 0 Å². The van der Waals surface area contributed by atoms with Crippen LogP contribution in [-0.2, 0) is 6.18 Å². The molecule has 3 rings (SSSR count). The van der Waals surface area contributed by atoms with Crippen LogP contribution in [0.1, 0.15) is 108 Å². The van der Waals surface area contributed by atoms with E-state index in [1.54, 1.807) is 0 Å². The maximum absolute atomic E-state index is 12.6. The quantitative estimate of drug-likeness (QED) is 0.445. The van der Waals surface area contributed by atoms with Crippen LogP contribution in [-0.4, -0.2) is 9.97 Å². The van der Waals surface area contributed by atoms with Crippen LogP contribution in [0.15, 0.2) is 12.4 Å². The highest BCUT2D eigenvalue weighted by Gasteiger charge is 2.35. The summed E-state index contributed by atoms with van der Waals surface area (Å²) in [4.78, 5) is 7.08. The summed E-state index contributed by atoms with van der Waals surface area (Å²) in [5.41, 5.74) is 0.877. The van der Waals surface area contributed by atoms with E-state index < -0.39 is 12.0 Å². The number of aromatic nitrogens is 2. The molecule has 1 aromatic rings. The van der Waals surface area contributed by atoms with E-state index >= 15 is 0 Å². The molecule has 158 valence electrons. The van der Waals surface area contributed by atoms with Crippen LogP contribution in [0.5, 0.6) is 0 Å². The molecule has 2 saturated carbocycles. The van der Waals surface area contributed by atoms with E-state index in [9.17, 15) is 13.2 Å². The van der Waals surface area contributed by atoms with Crippen LogP contribution < -0.4 is 0 Å². The Balaban J connectivity index is 1.40. The van der Waals surface area contributed by atoms with Crippen LogP contribution >= 0.6 is 0 Å². The largest absolute Gasteiger partial charge is 0.451 e. The molecular weight excluding hydrogens is 361 g/mol. The molecule has 1 heterocycles. The summed E-state index contributed by atoms with van der Waals surface area (Å²) in [7, 11) is 0. The van der Waals surface area contributed by atoms with Gasteiger partial charge in [-0.15, -0.1) is 0 Å². The summed E-state index contributed by atoms with van der Waals surface area (Å²) in [6.45, 7) is 2.27. The number of hydrogen-bond acceptors (Lipinski definition) is 2. The normalized spacial score (nSPS) is 29.0. The monoisotopic (exact) mass is 396 g/mol. The second-order valence-corrected chi connectivity index (χ2v) is 9.08. The first-order valence-electron chi connectivity index (χ1n) is 11.4. The highest BCUT2D eigenvalue weighted by molar-refractivity contribution is 5.13. The highest BCUT2D eigenvalue weighted by atomic mass is 19.4. The van der Waals surface area contributed by atoms with Crippen molar-refractivity contribution in [2.45, 2.75) is 102 Å². The van der Waals surface area contributed by atoms with Gasteiger partial charge < -0.3 is 0 Å². The van der Waals surface area contributed by atoms with E-state index in [0.29, 0.717) is 5.92 Å². The van der Waals surface area contributed by atoms with Crippen molar-refractivity contribution in [1.82, 2.24) is 9.97 Å². The predicted molar refractivity (Wildman–Crippen MR) is 106 cm³/mol. The fraction of sp³-hybridized carbons (Fsp3) is 0.826. The van der Waals surface area contributed by atoms with Gasteiger partial charge in [0.15, 0.2) is 0 Å². The highest BCUT2D eigenvalue weighted by Crippen LogP contribution is 2.44. The Hall–Kier alpha value is -1.13. The van der Waals surface area contributed by atoms with Gasteiger partial charge >= 0.3 is 6.18 Å². The molecule has 0 aromatic carbocycles. The molecule has 0 radical (unpaired) electrons. The molecule has 2 aliphatic rings. The Labute approximate surface area is 167 Å². The van der Waals surface area contributed by atoms with E-state index in [2.05, 4.69) is 16.9 Å². The Morgan fingerprint density at radius 1 is 0.821 bits per heavy atom. The molecule has 0 atom stereocenters. The zero-order valence-corrected chi connectivity index (χ0v) is 17.2. The third kappa shape index (κ3) is 5.93. The van der Waals surface area contributed by atoms with Gasteiger partial charge in [0.2, 0.25) is 5.82 Å². The van der Waals surface area contributed by atoms with E-state index in [1.807, 2.05) is 0 Å². The molecule has 1 aromatic heterocycles. The Bertz CT molecular complexity index is 569. The Morgan fingerprint density at radius 3 is 1.93 bits per heavy atom. The molecular formula is C23H35F3N2. The average molecular weight is 397 g/mol. The van der Waals surface area contributed by atoms with E-state index in [1.165, 1.54) is 83.0 Å². The molecule has 2 fully saturated rings. The third-order valence-electron chi connectivity index (χ3n) is 7.19. The Morgan fingerprint density at radius 2 is 1.39 bits per heavy atom. The first kappa shape index (κ1) is 21.6.